The monoisotopic (exact) mass is 281 g/mol. The van der Waals surface area contributed by atoms with Crippen LogP contribution in [0.3, 0.4) is 0 Å². The molecule has 1 heterocycles. The molecule has 18 heavy (non-hydrogen) atoms. The maximum Gasteiger partial charge on any atom is 0.443 e. The third-order valence-corrected chi connectivity index (χ3v) is 4.48. The molecule has 1 aliphatic carbocycles. The van der Waals surface area contributed by atoms with Crippen molar-refractivity contribution in [1.82, 2.24) is 4.98 Å². The predicted molar refractivity (Wildman–Crippen MR) is 60.3 cm³/mol. The van der Waals surface area contributed by atoms with Crippen LogP contribution in [-0.4, -0.2) is 23.3 Å². The molecule has 2 rings (SSSR count). The molecule has 1 aliphatic rings. The summed E-state index contributed by atoms with van der Waals surface area (Å²) in [5, 5.41) is 9.63. The van der Waals surface area contributed by atoms with Crippen LogP contribution in [-0.2, 0) is 16.5 Å². The number of halogens is 3. The second kappa shape index (κ2) is 4.79. The summed E-state index contributed by atoms with van der Waals surface area (Å²) in [5.74, 6) is 0. The van der Waals surface area contributed by atoms with Gasteiger partial charge in [-0.1, -0.05) is 6.42 Å². The van der Waals surface area contributed by atoms with Crippen LogP contribution in [0.2, 0.25) is 0 Å². The number of aliphatic hydroxyl groups is 1. The first-order chi connectivity index (χ1) is 8.38. The summed E-state index contributed by atoms with van der Waals surface area (Å²) >= 11 is 0.498. The van der Waals surface area contributed by atoms with Gasteiger partial charge < -0.3 is 9.84 Å². The van der Waals surface area contributed by atoms with E-state index in [-0.39, 0.29) is 4.88 Å². The molecule has 1 aromatic rings. The van der Waals surface area contributed by atoms with E-state index in [9.17, 15) is 18.3 Å². The fourth-order valence-electron chi connectivity index (χ4n) is 2.32. The standard InChI is InChI=1S/C11H14F3NO2S/c1-17-7-4-2-3-5-10(7,16)8-6-15-9(18-8)11(12,13)14/h6-7,16H,2-5H2,1H3. The van der Waals surface area contributed by atoms with Gasteiger partial charge in [-0.25, -0.2) is 4.98 Å². The molecule has 7 heteroatoms. The molecule has 0 aromatic carbocycles. The van der Waals surface area contributed by atoms with Gasteiger partial charge in [0.1, 0.15) is 5.60 Å². The maximum atomic E-state index is 12.5. The van der Waals surface area contributed by atoms with Gasteiger partial charge >= 0.3 is 6.18 Å². The van der Waals surface area contributed by atoms with E-state index >= 15 is 0 Å². The minimum absolute atomic E-state index is 0.237. The number of methoxy groups -OCH3 is 1. The number of hydrogen-bond acceptors (Lipinski definition) is 4. The van der Waals surface area contributed by atoms with Crippen molar-refractivity contribution < 1.29 is 23.0 Å². The highest BCUT2D eigenvalue weighted by atomic mass is 32.1. The van der Waals surface area contributed by atoms with E-state index in [0.717, 1.165) is 19.0 Å². The van der Waals surface area contributed by atoms with Gasteiger partial charge in [-0.3, -0.25) is 0 Å². The van der Waals surface area contributed by atoms with Crippen LogP contribution in [0.15, 0.2) is 6.20 Å². The number of hydrogen-bond donors (Lipinski definition) is 1. The molecular weight excluding hydrogens is 267 g/mol. The Morgan fingerprint density at radius 2 is 2.22 bits per heavy atom. The van der Waals surface area contributed by atoms with Crippen LogP contribution >= 0.6 is 11.3 Å². The second-order valence-corrected chi connectivity index (χ2v) is 5.45. The van der Waals surface area contributed by atoms with Crippen molar-refractivity contribution in [2.75, 3.05) is 7.11 Å². The molecule has 0 amide bonds. The van der Waals surface area contributed by atoms with Crippen LogP contribution < -0.4 is 0 Å². The minimum atomic E-state index is -4.46. The third kappa shape index (κ3) is 2.39. The first kappa shape index (κ1) is 13.8. The molecular formula is C11H14F3NO2S. The summed E-state index contributed by atoms with van der Waals surface area (Å²) < 4.78 is 42.7. The Balaban J connectivity index is 2.31. The molecule has 0 radical (unpaired) electrons. The highest BCUT2D eigenvalue weighted by Crippen LogP contribution is 2.43. The topological polar surface area (TPSA) is 42.4 Å². The molecule has 102 valence electrons. The maximum absolute atomic E-state index is 12.5. The highest BCUT2D eigenvalue weighted by Gasteiger charge is 2.44. The van der Waals surface area contributed by atoms with Gasteiger partial charge in [-0.05, 0) is 19.3 Å². The van der Waals surface area contributed by atoms with Crippen molar-refractivity contribution in [2.45, 2.75) is 43.6 Å². The molecule has 2 unspecified atom stereocenters. The summed E-state index contributed by atoms with van der Waals surface area (Å²) in [7, 11) is 1.46. The third-order valence-electron chi connectivity index (χ3n) is 3.27. The first-order valence-corrected chi connectivity index (χ1v) is 6.48. The molecule has 0 saturated heterocycles. The van der Waals surface area contributed by atoms with E-state index in [1.54, 1.807) is 0 Å². The Hall–Kier alpha value is -0.660. The second-order valence-electron chi connectivity index (χ2n) is 4.42. The summed E-state index contributed by atoms with van der Waals surface area (Å²) in [6.45, 7) is 0. The van der Waals surface area contributed by atoms with Crippen molar-refractivity contribution >= 4 is 11.3 Å². The first-order valence-electron chi connectivity index (χ1n) is 5.66. The zero-order valence-electron chi connectivity index (χ0n) is 9.83. The molecule has 0 aliphatic heterocycles. The molecule has 2 atom stereocenters. The SMILES string of the molecule is COC1CCCCC1(O)c1cnc(C(F)(F)F)s1. The fraction of sp³-hybridized carbons (Fsp3) is 0.727. The van der Waals surface area contributed by atoms with Crippen molar-refractivity contribution in [3.63, 3.8) is 0 Å². The smallest absolute Gasteiger partial charge is 0.382 e. The number of alkyl halides is 3. The van der Waals surface area contributed by atoms with E-state index in [0.29, 0.717) is 24.2 Å². The van der Waals surface area contributed by atoms with Crippen LogP contribution in [0, 0.1) is 0 Å². The molecule has 0 bridgehead atoms. The number of thiazole rings is 1. The lowest BCUT2D eigenvalue weighted by molar-refractivity contribution is -0.137. The van der Waals surface area contributed by atoms with Gasteiger partial charge in [0.05, 0.1) is 11.0 Å². The van der Waals surface area contributed by atoms with Crippen molar-refractivity contribution in [2.24, 2.45) is 0 Å². The van der Waals surface area contributed by atoms with E-state index < -0.39 is 22.9 Å². The number of nitrogens with zero attached hydrogens (tertiary/aromatic N) is 1. The van der Waals surface area contributed by atoms with E-state index in [1.807, 2.05) is 0 Å². The van der Waals surface area contributed by atoms with E-state index in [4.69, 9.17) is 4.74 Å². The predicted octanol–water partition coefficient (Wildman–Crippen LogP) is 2.94. The Kier molecular flexibility index (Phi) is 3.66. The number of rotatable bonds is 2. The summed E-state index contributed by atoms with van der Waals surface area (Å²) in [6.07, 6.45) is -1.08. The van der Waals surface area contributed by atoms with Crippen molar-refractivity contribution in [3.05, 3.63) is 16.1 Å². The van der Waals surface area contributed by atoms with Crippen LogP contribution in [0.25, 0.3) is 0 Å². The van der Waals surface area contributed by atoms with Gasteiger partial charge in [0.2, 0.25) is 0 Å². The Morgan fingerprint density at radius 3 is 2.78 bits per heavy atom. The lowest BCUT2D eigenvalue weighted by Crippen LogP contribution is -2.42. The number of ether oxygens (including phenoxy) is 1. The average molecular weight is 281 g/mol. The molecule has 0 spiro atoms. The fourth-order valence-corrected chi connectivity index (χ4v) is 3.27. The zero-order valence-corrected chi connectivity index (χ0v) is 10.6. The number of aromatic nitrogens is 1. The molecule has 1 fully saturated rings. The molecule has 1 aromatic heterocycles. The Morgan fingerprint density at radius 1 is 1.50 bits per heavy atom. The van der Waals surface area contributed by atoms with Gasteiger partial charge in [0.25, 0.3) is 0 Å². The van der Waals surface area contributed by atoms with Crippen molar-refractivity contribution in [1.29, 1.82) is 0 Å². The summed E-state index contributed by atoms with van der Waals surface area (Å²) in [4.78, 5) is 3.59. The summed E-state index contributed by atoms with van der Waals surface area (Å²) in [6, 6.07) is 0. The zero-order chi connectivity index (χ0) is 13.4. The minimum Gasteiger partial charge on any atom is -0.382 e. The Labute approximate surface area is 107 Å². The molecule has 3 nitrogen and oxygen atoms in total. The quantitative estimate of drug-likeness (QED) is 0.906. The largest absolute Gasteiger partial charge is 0.443 e. The molecule has 1 saturated carbocycles. The lowest BCUT2D eigenvalue weighted by Gasteiger charge is -2.38. The van der Waals surface area contributed by atoms with E-state index in [2.05, 4.69) is 4.98 Å². The van der Waals surface area contributed by atoms with Crippen LogP contribution in [0.4, 0.5) is 13.2 Å². The normalized spacial score (nSPS) is 29.5. The summed E-state index contributed by atoms with van der Waals surface area (Å²) in [5.41, 5.74) is -1.34. The van der Waals surface area contributed by atoms with Crippen LogP contribution in [0.1, 0.15) is 35.6 Å². The van der Waals surface area contributed by atoms with Crippen LogP contribution in [0.5, 0.6) is 0 Å². The Bertz CT molecular complexity index is 421. The van der Waals surface area contributed by atoms with Gasteiger partial charge in [0.15, 0.2) is 5.01 Å². The average Bonchev–Trinajstić information content (AvgIpc) is 2.79. The van der Waals surface area contributed by atoms with Crippen molar-refractivity contribution in [3.8, 4) is 0 Å². The highest BCUT2D eigenvalue weighted by molar-refractivity contribution is 7.11. The lowest BCUT2D eigenvalue weighted by atomic mass is 9.81. The van der Waals surface area contributed by atoms with Gasteiger partial charge in [0, 0.05) is 13.3 Å². The molecule has 1 N–H and O–H groups in total. The van der Waals surface area contributed by atoms with Gasteiger partial charge in [-0.2, -0.15) is 13.2 Å². The van der Waals surface area contributed by atoms with E-state index in [1.165, 1.54) is 7.11 Å². The van der Waals surface area contributed by atoms with Gasteiger partial charge in [-0.15, -0.1) is 11.3 Å².